The number of rotatable bonds is 9. The molecule has 0 saturated carbocycles. The molecule has 0 bridgehead atoms. The Morgan fingerprint density at radius 1 is 0.357 bits per heavy atom. The molecule has 0 saturated heterocycles. The van der Waals surface area contributed by atoms with Crippen LogP contribution in [0, 0.1) is 5.41 Å². The van der Waals surface area contributed by atoms with E-state index in [1.165, 1.54) is 0 Å². The number of hydrogen-bond donors (Lipinski definition) is 1. The van der Waals surface area contributed by atoms with Crippen molar-refractivity contribution in [3.05, 3.63) is 229 Å². The summed E-state index contributed by atoms with van der Waals surface area (Å²) in [4.78, 5) is 15.0. The molecule has 264 valence electrons. The molecule has 0 fully saturated rings. The minimum atomic E-state index is 0.462. The highest BCUT2D eigenvalue weighted by Crippen LogP contribution is 2.35. The maximum Gasteiger partial charge on any atom is 0.164 e. The molecule has 56 heavy (non-hydrogen) atoms. The van der Waals surface area contributed by atoms with Gasteiger partial charge in [0.05, 0.1) is 5.71 Å². The zero-order chi connectivity index (χ0) is 37.7. The minimum Gasteiger partial charge on any atom is -0.300 e. The third-order valence-electron chi connectivity index (χ3n) is 10.0. The SMILES string of the molecule is N=C(/C=C(/c1ccccc1)c1cccc2ccc(-c3cccc(-c4nc(-c5ccccc5)nc(-c5ccc(-c6ccccc6)cc5)n4)c3)cc12)c1ccccc1. The maximum absolute atomic E-state index is 9.04. The van der Waals surface area contributed by atoms with E-state index in [1.807, 2.05) is 91.0 Å². The van der Waals surface area contributed by atoms with Crippen molar-refractivity contribution >= 4 is 22.1 Å². The lowest BCUT2D eigenvalue weighted by Crippen LogP contribution is -2.00. The minimum absolute atomic E-state index is 0.462. The van der Waals surface area contributed by atoms with E-state index in [0.717, 1.165) is 72.0 Å². The first-order valence-corrected chi connectivity index (χ1v) is 18.7. The van der Waals surface area contributed by atoms with Crippen LogP contribution in [0.2, 0.25) is 0 Å². The fourth-order valence-electron chi connectivity index (χ4n) is 7.10. The van der Waals surface area contributed by atoms with E-state index >= 15 is 0 Å². The highest BCUT2D eigenvalue weighted by atomic mass is 15.0. The second-order valence-electron chi connectivity index (χ2n) is 13.6. The fourth-order valence-corrected chi connectivity index (χ4v) is 7.10. The molecular weight excluding hydrogens is 681 g/mol. The smallest absolute Gasteiger partial charge is 0.164 e. The molecule has 0 aliphatic carbocycles. The molecule has 4 nitrogen and oxygen atoms in total. The molecule has 0 radical (unpaired) electrons. The predicted octanol–water partition coefficient (Wildman–Crippen LogP) is 12.9. The zero-order valence-corrected chi connectivity index (χ0v) is 30.5. The summed E-state index contributed by atoms with van der Waals surface area (Å²) in [6.45, 7) is 0. The van der Waals surface area contributed by atoms with E-state index in [0.29, 0.717) is 23.2 Å². The second kappa shape index (κ2) is 15.4. The fraction of sp³-hybridized carbons (Fsp3) is 0. The largest absolute Gasteiger partial charge is 0.300 e. The van der Waals surface area contributed by atoms with Gasteiger partial charge in [0, 0.05) is 16.7 Å². The van der Waals surface area contributed by atoms with Gasteiger partial charge in [-0.1, -0.05) is 194 Å². The van der Waals surface area contributed by atoms with Crippen molar-refractivity contribution in [1.82, 2.24) is 15.0 Å². The molecule has 0 amide bonds. The van der Waals surface area contributed by atoms with Crippen LogP contribution in [0.25, 0.3) is 72.8 Å². The van der Waals surface area contributed by atoms with Crippen molar-refractivity contribution in [2.45, 2.75) is 0 Å². The van der Waals surface area contributed by atoms with Crippen LogP contribution in [0.3, 0.4) is 0 Å². The normalized spacial score (nSPS) is 11.4. The molecule has 4 heteroatoms. The lowest BCUT2D eigenvalue weighted by molar-refractivity contribution is 1.07. The van der Waals surface area contributed by atoms with Gasteiger partial charge in [0.2, 0.25) is 0 Å². The first kappa shape index (κ1) is 34.2. The monoisotopic (exact) mass is 716 g/mol. The Morgan fingerprint density at radius 2 is 0.804 bits per heavy atom. The van der Waals surface area contributed by atoms with Crippen LogP contribution in [0.4, 0.5) is 0 Å². The third kappa shape index (κ3) is 7.20. The van der Waals surface area contributed by atoms with Crippen molar-refractivity contribution in [3.63, 3.8) is 0 Å². The van der Waals surface area contributed by atoms with Gasteiger partial charge in [-0.15, -0.1) is 0 Å². The van der Waals surface area contributed by atoms with Gasteiger partial charge in [-0.25, -0.2) is 15.0 Å². The van der Waals surface area contributed by atoms with E-state index in [4.69, 9.17) is 20.4 Å². The van der Waals surface area contributed by atoms with E-state index in [1.54, 1.807) is 0 Å². The average Bonchev–Trinajstić information content (AvgIpc) is 3.29. The maximum atomic E-state index is 9.04. The van der Waals surface area contributed by atoms with E-state index < -0.39 is 0 Å². The Balaban J connectivity index is 1.13. The van der Waals surface area contributed by atoms with Crippen LogP contribution in [0.5, 0.6) is 0 Å². The Kier molecular flexibility index (Phi) is 9.43. The number of fused-ring (bicyclic) bond motifs is 1. The summed E-state index contributed by atoms with van der Waals surface area (Å²) >= 11 is 0. The van der Waals surface area contributed by atoms with Crippen molar-refractivity contribution in [2.75, 3.05) is 0 Å². The molecule has 8 aromatic carbocycles. The Labute approximate surface area is 326 Å². The average molecular weight is 717 g/mol. The molecule has 0 atom stereocenters. The third-order valence-corrected chi connectivity index (χ3v) is 10.0. The number of hydrogen-bond acceptors (Lipinski definition) is 4. The van der Waals surface area contributed by atoms with E-state index in [9.17, 15) is 0 Å². The van der Waals surface area contributed by atoms with E-state index in [-0.39, 0.29) is 0 Å². The molecule has 9 aromatic rings. The van der Waals surface area contributed by atoms with Gasteiger partial charge in [-0.05, 0) is 73.5 Å². The number of benzene rings is 8. The van der Waals surface area contributed by atoms with Crippen LogP contribution in [-0.2, 0) is 0 Å². The zero-order valence-electron chi connectivity index (χ0n) is 30.5. The van der Waals surface area contributed by atoms with Gasteiger partial charge >= 0.3 is 0 Å². The number of nitrogens with zero attached hydrogens (tertiary/aromatic N) is 3. The topological polar surface area (TPSA) is 62.5 Å². The Bertz CT molecular complexity index is 2830. The lowest BCUT2D eigenvalue weighted by Gasteiger charge is -2.14. The highest BCUT2D eigenvalue weighted by molar-refractivity contribution is 6.13. The van der Waals surface area contributed by atoms with Crippen LogP contribution >= 0.6 is 0 Å². The van der Waals surface area contributed by atoms with Gasteiger partial charge < -0.3 is 5.41 Å². The van der Waals surface area contributed by atoms with Crippen LogP contribution in [0.1, 0.15) is 16.7 Å². The molecule has 1 heterocycles. The van der Waals surface area contributed by atoms with Gasteiger partial charge in [0.25, 0.3) is 0 Å². The van der Waals surface area contributed by atoms with Crippen molar-refractivity contribution < 1.29 is 0 Å². The first-order valence-electron chi connectivity index (χ1n) is 18.7. The summed E-state index contributed by atoms with van der Waals surface area (Å²) in [5, 5.41) is 11.3. The summed E-state index contributed by atoms with van der Waals surface area (Å²) in [6.07, 6.45) is 1.99. The molecule has 1 aromatic heterocycles. The number of nitrogens with one attached hydrogen (secondary N) is 1. The van der Waals surface area contributed by atoms with Crippen molar-refractivity contribution in [3.8, 4) is 56.4 Å². The summed E-state index contributed by atoms with van der Waals surface area (Å²) in [5.74, 6) is 1.85. The van der Waals surface area contributed by atoms with Crippen LogP contribution in [-0.4, -0.2) is 20.7 Å². The quantitative estimate of drug-likeness (QED) is 0.151. The highest BCUT2D eigenvalue weighted by Gasteiger charge is 2.15. The lowest BCUT2D eigenvalue weighted by atomic mass is 9.90. The molecule has 0 unspecified atom stereocenters. The Morgan fingerprint density at radius 3 is 1.46 bits per heavy atom. The molecular formula is C52H36N4. The molecule has 0 aliphatic heterocycles. The second-order valence-corrected chi connectivity index (χ2v) is 13.6. The molecule has 9 rings (SSSR count). The summed E-state index contributed by atoms with van der Waals surface area (Å²) in [6, 6.07) is 70.5. The predicted molar refractivity (Wildman–Crippen MR) is 231 cm³/mol. The standard InChI is InChI=1S/C52H36N4/c53-49(40-19-9-3-10-20-40)35-48(38-17-7-2-8-18-38)46-26-14-23-39-29-32-44(34-47(39)46)43-24-13-25-45(33-43)52-55-50(41-21-11-4-12-22-41)54-51(56-52)42-30-27-37(28-31-42)36-15-5-1-6-16-36/h1-35,53H/b48-35-,53-49?. The van der Waals surface area contributed by atoms with Gasteiger partial charge in [0.15, 0.2) is 17.5 Å². The summed E-state index contributed by atoms with van der Waals surface area (Å²) in [5.41, 5.74) is 11.6. The Hall–Kier alpha value is -7.56. The summed E-state index contributed by atoms with van der Waals surface area (Å²) in [7, 11) is 0. The van der Waals surface area contributed by atoms with Crippen LogP contribution < -0.4 is 0 Å². The van der Waals surface area contributed by atoms with Gasteiger partial charge in [-0.3, -0.25) is 0 Å². The molecule has 0 aliphatic rings. The van der Waals surface area contributed by atoms with Crippen molar-refractivity contribution in [1.29, 1.82) is 5.41 Å². The molecule has 0 spiro atoms. The first-order chi connectivity index (χ1) is 27.7. The van der Waals surface area contributed by atoms with E-state index in [2.05, 4.69) is 121 Å². The molecule has 1 N–H and O–H groups in total. The van der Waals surface area contributed by atoms with Gasteiger partial charge in [-0.2, -0.15) is 0 Å². The van der Waals surface area contributed by atoms with Crippen molar-refractivity contribution in [2.24, 2.45) is 0 Å². The number of aromatic nitrogens is 3. The van der Waals surface area contributed by atoms with Crippen LogP contribution in [0.15, 0.2) is 212 Å². The summed E-state index contributed by atoms with van der Waals surface area (Å²) < 4.78 is 0. The van der Waals surface area contributed by atoms with Gasteiger partial charge in [0.1, 0.15) is 0 Å². The number of allylic oxidation sites excluding steroid dienone is 1.